The number of nitrogens with two attached hydrogens (primary N) is 1. The molecule has 6 heteroatoms. The Hall–Kier alpha value is -0.980. The molecule has 1 aromatic rings. The van der Waals surface area contributed by atoms with Gasteiger partial charge in [-0.25, -0.2) is 8.42 Å². The molecule has 0 amide bonds. The van der Waals surface area contributed by atoms with Crippen molar-refractivity contribution in [3.05, 3.63) is 35.4 Å². The molecule has 4 nitrogen and oxygen atoms in total. The largest absolute Gasteiger partial charge is 0.389 e. The van der Waals surface area contributed by atoms with Crippen molar-refractivity contribution >= 4 is 27.0 Å². The molecule has 1 rings (SSSR count). The van der Waals surface area contributed by atoms with Gasteiger partial charge >= 0.3 is 0 Å². The third-order valence-corrected chi connectivity index (χ3v) is 4.26. The molecule has 0 radical (unpaired) electrons. The van der Waals surface area contributed by atoms with Crippen LogP contribution in [-0.2, 0) is 15.6 Å². The van der Waals surface area contributed by atoms with Gasteiger partial charge in [-0.15, -0.1) is 0 Å². The van der Waals surface area contributed by atoms with Gasteiger partial charge in [0.05, 0.1) is 11.5 Å². The van der Waals surface area contributed by atoms with Crippen LogP contribution in [0.15, 0.2) is 24.3 Å². The molecule has 100 valence electrons. The monoisotopic (exact) mass is 286 g/mol. The molecule has 0 unspecified atom stereocenters. The fourth-order valence-corrected chi connectivity index (χ4v) is 3.06. The number of benzene rings is 1. The van der Waals surface area contributed by atoms with Crippen molar-refractivity contribution in [2.24, 2.45) is 5.73 Å². The van der Waals surface area contributed by atoms with Gasteiger partial charge in [0.15, 0.2) is 9.84 Å². The van der Waals surface area contributed by atoms with Gasteiger partial charge in [-0.1, -0.05) is 30.4 Å². The Morgan fingerprint density at radius 3 is 2.61 bits per heavy atom. The second-order valence-corrected chi connectivity index (χ2v) is 7.08. The summed E-state index contributed by atoms with van der Waals surface area (Å²) >= 11 is 4.87. The fraction of sp³-hybridized carbons (Fsp3) is 0.417. The van der Waals surface area contributed by atoms with Gasteiger partial charge in [0.25, 0.3) is 0 Å². The third kappa shape index (κ3) is 5.12. The first-order valence-corrected chi connectivity index (χ1v) is 7.77. The number of sulfone groups is 1. The van der Waals surface area contributed by atoms with Crippen molar-refractivity contribution in [2.45, 2.75) is 5.75 Å². The molecule has 1 aromatic carbocycles. The van der Waals surface area contributed by atoms with E-state index in [1.54, 1.807) is 24.3 Å². The van der Waals surface area contributed by atoms with Crippen molar-refractivity contribution in [1.29, 1.82) is 0 Å². The van der Waals surface area contributed by atoms with Crippen LogP contribution in [0.4, 0.5) is 0 Å². The number of thiocarbonyl (C=S) groups is 1. The number of rotatable bonds is 6. The van der Waals surface area contributed by atoms with Gasteiger partial charge in [-0.3, -0.25) is 0 Å². The van der Waals surface area contributed by atoms with Crippen molar-refractivity contribution in [2.75, 3.05) is 26.4 Å². The zero-order valence-corrected chi connectivity index (χ0v) is 12.2. The molecule has 0 aliphatic rings. The van der Waals surface area contributed by atoms with Gasteiger partial charge in [0.1, 0.15) is 4.99 Å². The first kappa shape index (κ1) is 15.1. The van der Waals surface area contributed by atoms with E-state index in [4.69, 9.17) is 18.0 Å². The Kier molecular flexibility index (Phi) is 5.25. The molecule has 0 aromatic heterocycles. The van der Waals surface area contributed by atoms with E-state index in [-0.39, 0.29) is 16.5 Å². The van der Waals surface area contributed by atoms with Crippen LogP contribution in [0.2, 0.25) is 0 Å². The molecule has 0 saturated heterocycles. The maximum absolute atomic E-state index is 11.9. The summed E-state index contributed by atoms with van der Waals surface area (Å²) in [6.07, 6.45) is 0. The Labute approximate surface area is 114 Å². The molecule has 0 atom stereocenters. The smallest absolute Gasteiger partial charge is 0.155 e. The zero-order valence-electron chi connectivity index (χ0n) is 10.6. The molecule has 0 saturated carbocycles. The summed E-state index contributed by atoms with van der Waals surface area (Å²) in [5.41, 5.74) is 6.94. The predicted octanol–water partition coefficient (Wildman–Crippen LogP) is 0.797. The fourth-order valence-electron chi connectivity index (χ4n) is 1.46. The van der Waals surface area contributed by atoms with Crippen LogP contribution in [0.1, 0.15) is 11.1 Å². The molecule has 0 fully saturated rings. The lowest BCUT2D eigenvalue weighted by Crippen LogP contribution is -2.22. The van der Waals surface area contributed by atoms with Crippen LogP contribution in [0.5, 0.6) is 0 Å². The maximum Gasteiger partial charge on any atom is 0.155 e. The Morgan fingerprint density at radius 1 is 1.39 bits per heavy atom. The van der Waals surface area contributed by atoms with Crippen LogP contribution in [0.3, 0.4) is 0 Å². The Bertz CT molecular complexity index is 525. The first-order valence-electron chi connectivity index (χ1n) is 5.54. The molecule has 2 N–H and O–H groups in total. The van der Waals surface area contributed by atoms with Crippen LogP contribution < -0.4 is 5.73 Å². The van der Waals surface area contributed by atoms with Crippen LogP contribution in [-0.4, -0.2) is 44.7 Å². The van der Waals surface area contributed by atoms with Crippen molar-refractivity contribution in [1.82, 2.24) is 4.90 Å². The summed E-state index contributed by atoms with van der Waals surface area (Å²) in [7, 11) is 0.602. The van der Waals surface area contributed by atoms with E-state index >= 15 is 0 Å². The van der Waals surface area contributed by atoms with Crippen LogP contribution in [0, 0.1) is 0 Å². The van der Waals surface area contributed by atoms with Gasteiger partial charge in [0.2, 0.25) is 0 Å². The van der Waals surface area contributed by atoms with Crippen molar-refractivity contribution in [3.8, 4) is 0 Å². The minimum absolute atomic E-state index is 0.0251. The summed E-state index contributed by atoms with van der Waals surface area (Å²) in [5, 5.41) is 0. The average Bonchev–Trinajstić information content (AvgIpc) is 2.26. The molecule has 0 aliphatic heterocycles. The van der Waals surface area contributed by atoms with E-state index < -0.39 is 9.84 Å². The lowest BCUT2D eigenvalue weighted by atomic mass is 10.1. The molecular formula is C12H18N2O2S2. The van der Waals surface area contributed by atoms with Gasteiger partial charge < -0.3 is 10.6 Å². The molecule has 0 heterocycles. The van der Waals surface area contributed by atoms with E-state index in [1.807, 2.05) is 19.0 Å². The van der Waals surface area contributed by atoms with Crippen LogP contribution in [0.25, 0.3) is 0 Å². The lowest BCUT2D eigenvalue weighted by molar-refractivity contribution is 0.432. The van der Waals surface area contributed by atoms with E-state index in [9.17, 15) is 8.42 Å². The Balaban J connectivity index is 2.78. The predicted molar refractivity (Wildman–Crippen MR) is 78.4 cm³/mol. The second kappa shape index (κ2) is 6.26. The Morgan fingerprint density at radius 2 is 2.06 bits per heavy atom. The first-order chi connectivity index (χ1) is 8.30. The third-order valence-electron chi connectivity index (χ3n) is 2.45. The minimum Gasteiger partial charge on any atom is -0.389 e. The molecule has 0 bridgehead atoms. The quantitative estimate of drug-likeness (QED) is 0.784. The average molecular weight is 286 g/mol. The summed E-state index contributed by atoms with van der Waals surface area (Å²) < 4.78 is 23.8. The zero-order chi connectivity index (χ0) is 13.8. The van der Waals surface area contributed by atoms with Crippen molar-refractivity contribution < 1.29 is 8.42 Å². The van der Waals surface area contributed by atoms with Gasteiger partial charge in [0, 0.05) is 12.1 Å². The van der Waals surface area contributed by atoms with E-state index in [1.165, 1.54) is 0 Å². The topological polar surface area (TPSA) is 63.4 Å². The second-order valence-electron chi connectivity index (χ2n) is 4.46. The minimum atomic E-state index is -3.10. The van der Waals surface area contributed by atoms with E-state index in [2.05, 4.69) is 0 Å². The lowest BCUT2D eigenvalue weighted by Gasteiger charge is -2.10. The highest BCUT2D eigenvalue weighted by molar-refractivity contribution is 7.90. The van der Waals surface area contributed by atoms with Gasteiger partial charge in [-0.05, 0) is 25.7 Å². The highest BCUT2D eigenvalue weighted by Gasteiger charge is 2.12. The normalized spacial score (nSPS) is 11.7. The SMILES string of the molecule is CN(C)CCS(=O)(=O)Cc1cccc(C(N)=S)c1. The maximum atomic E-state index is 11.9. The molecule has 0 spiro atoms. The van der Waals surface area contributed by atoms with E-state index in [0.29, 0.717) is 12.1 Å². The molecule has 0 aliphatic carbocycles. The molecule has 18 heavy (non-hydrogen) atoms. The summed E-state index contributed by atoms with van der Waals surface area (Å²) in [6.45, 7) is 0.525. The highest BCUT2D eigenvalue weighted by Crippen LogP contribution is 2.10. The van der Waals surface area contributed by atoms with E-state index in [0.717, 1.165) is 5.56 Å². The standard InChI is InChI=1S/C12H18N2O2S2/c1-14(2)6-7-18(15,16)9-10-4-3-5-11(8-10)12(13)17/h3-5,8H,6-7,9H2,1-2H3,(H2,13,17). The van der Waals surface area contributed by atoms with Crippen LogP contribution >= 0.6 is 12.2 Å². The van der Waals surface area contributed by atoms with Crippen molar-refractivity contribution in [3.63, 3.8) is 0 Å². The number of hydrogen-bond donors (Lipinski definition) is 1. The molecular weight excluding hydrogens is 268 g/mol. The van der Waals surface area contributed by atoms with Gasteiger partial charge in [-0.2, -0.15) is 0 Å². The summed E-state index contributed by atoms with van der Waals surface area (Å²) in [4.78, 5) is 2.13. The summed E-state index contributed by atoms with van der Waals surface area (Å²) in [6, 6.07) is 7.05. The number of nitrogens with zero attached hydrogens (tertiary/aromatic N) is 1. The highest BCUT2D eigenvalue weighted by atomic mass is 32.2. The number of hydrogen-bond acceptors (Lipinski definition) is 4. The summed E-state index contributed by atoms with van der Waals surface area (Å²) in [5.74, 6) is 0.175.